The molecule has 0 saturated carbocycles. The predicted octanol–water partition coefficient (Wildman–Crippen LogP) is 6.21. The molecule has 0 fully saturated rings. The molecule has 3 aromatic rings. The van der Waals surface area contributed by atoms with Gasteiger partial charge in [-0.25, -0.2) is 4.79 Å². The van der Waals surface area contributed by atoms with E-state index in [1.165, 1.54) is 24.5 Å². The van der Waals surface area contributed by atoms with Crippen LogP contribution >= 0.6 is 22.9 Å². The van der Waals surface area contributed by atoms with Gasteiger partial charge in [-0.3, -0.25) is 4.79 Å². The van der Waals surface area contributed by atoms with Gasteiger partial charge in [0.2, 0.25) is 5.91 Å². The summed E-state index contributed by atoms with van der Waals surface area (Å²) in [5, 5.41) is 3.83. The first-order valence-electron chi connectivity index (χ1n) is 9.62. The lowest BCUT2D eigenvalue weighted by Crippen LogP contribution is -2.11. The Kier molecular flexibility index (Phi) is 7.50. The monoisotopic (exact) mass is 455 g/mol. The van der Waals surface area contributed by atoms with Crippen LogP contribution in [0.15, 0.2) is 54.6 Å². The SMILES string of the molecule is CCOc1ccc(-c2c(C)sc(NC(=O)C=Cc3cccc(Cl)c3)c2C(=O)OC)cc1. The van der Waals surface area contributed by atoms with Gasteiger partial charge in [-0.05, 0) is 55.3 Å². The summed E-state index contributed by atoms with van der Waals surface area (Å²) in [7, 11) is 1.32. The number of thiophene rings is 1. The topological polar surface area (TPSA) is 64.6 Å². The van der Waals surface area contributed by atoms with Crippen LogP contribution in [-0.2, 0) is 9.53 Å². The van der Waals surface area contributed by atoms with Crippen molar-refractivity contribution in [2.75, 3.05) is 19.0 Å². The second kappa shape index (κ2) is 10.3. The highest BCUT2D eigenvalue weighted by atomic mass is 35.5. The van der Waals surface area contributed by atoms with Crippen molar-refractivity contribution in [1.82, 2.24) is 0 Å². The maximum atomic E-state index is 12.6. The van der Waals surface area contributed by atoms with Gasteiger partial charge in [-0.15, -0.1) is 11.3 Å². The minimum absolute atomic E-state index is 0.332. The highest BCUT2D eigenvalue weighted by Gasteiger charge is 2.24. The Labute approximate surface area is 190 Å². The fourth-order valence-corrected chi connectivity index (χ4v) is 4.36. The van der Waals surface area contributed by atoms with Crippen LogP contribution in [0.3, 0.4) is 0 Å². The summed E-state index contributed by atoms with van der Waals surface area (Å²) in [5.74, 6) is -0.120. The first-order chi connectivity index (χ1) is 14.9. The van der Waals surface area contributed by atoms with Gasteiger partial charge >= 0.3 is 5.97 Å². The molecule has 7 heteroatoms. The lowest BCUT2D eigenvalue weighted by molar-refractivity contribution is -0.111. The normalized spacial score (nSPS) is 10.8. The van der Waals surface area contributed by atoms with Crippen molar-refractivity contribution < 1.29 is 19.1 Å². The Morgan fingerprint density at radius 1 is 1.16 bits per heavy atom. The number of carbonyl (C=O) groups is 2. The molecule has 31 heavy (non-hydrogen) atoms. The zero-order valence-corrected chi connectivity index (χ0v) is 19.0. The van der Waals surface area contributed by atoms with E-state index in [4.69, 9.17) is 21.1 Å². The van der Waals surface area contributed by atoms with Crippen LogP contribution in [0.5, 0.6) is 5.75 Å². The van der Waals surface area contributed by atoms with Gasteiger partial charge < -0.3 is 14.8 Å². The number of anilines is 1. The maximum absolute atomic E-state index is 12.6. The van der Waals surface area contributed by atoms with Crippen molar-refractivity contribution in [2.24, 2.45) is 0 Å². The van der Waals surface area contributed by atoms with E-state index < -0.39 is 5.97 Å². The molecule has 0 atom stereocenters. The van der Waals surface area contributed by atoms with Gasteiger partial charge in [-0.1, -0.05) is 35.9 Å². The number of ether oxygens (including phenoxy) is 2. The number of carbonyl (C=O) groups excluding carboxylic acids is 2. The Morgan fingerprint density at radius 2 is 1.90 bits per heavy atom. The van der Waals surface area contributed by atoms with Crippen LogP contribution in [0.4, 0.5) is 5.00 Å². The van der Waals surface area contributed by atoms with Gasteiger partial charge in [-0.2, -0.15) is 0 Å². The summed E-state index contributed by atoms with van der Waals surface area (Å²) in [5.41, 5.74) is 2.70. The van der Waals surface area contributed by atoms with Gasteiger partial charge in [0.15, 0.2) is 0 Å². The zero-order valence-electron chi connectivity index (χ0n) is 17.4. The zero-order chi connectivity index (χ0) is 22.4. The Morgan fingerprint density at radius 3 is 2.55 bits per heavy atom. The number of esters is 1. The second-order valence-electron chi connectivity index (χ2n) is 6.56. The Hall–Kier alpha value is -3.09. The summed E-state index contributed by atoms with van der Waals surface area (Å²) in [4.78, 5) is 26.0. The number of rotatable bonds is 7. The number of aryl methyl sites for hydroxylation is 1. The fraction of sp³-hybridized carbons (Fsp3) is 0.167. The molecule has 1 amide bonds. The van der Waals surface area contributed by atoms with E-state index in [1.807, 2.05) is 44.2 Å². The van der Waals surface area contributed by atoms with Crippen molar-refractivity contribution in [1.29, 1.82) is 0 Å². The van der Waals surface area contributed by atoms with Crippen molar-refractivity contribution >= 4 is 45.9 Å². The first-order valence-corrected chi connectivity index (χ1v) is 10.8. The van der Waals surface area contributed by atoms with E-state index in [-0.39, 0.29) is 5.91 Å². The number of nitrogens with one attached hydrogen (secondary N) is 1. The van der Waals surface area contributed by atoms with E-state index in [1.54, 1.807) is 24.3 Å². The number of halogens is 1. The van der Waals surface area contributed by atoms with Crippen LogP contribution < -0.4 is 10.1 Å². The molecule has 0 aliphatic heterocycles. The summed E-state index contributed by atoms with van der Waals surface area (Å²) in [6.45, 7) is 4.39. The quantitative estimate of drug-likeness (QED) is 0.339. The number of methoxy groups -OCH3 is 1. The molecule has 0 spiro atoms. The molecule has 0 bridgehead atoms. The number of hydrogen-bond acceptors (Lipinski definition) is 5. The molecular formula is C24H22ClNO4S. The molecule has 1 N–H and O–H groups in total. The van der Waals surface area contributed by atoms with Gasteiger partial charge in [0.25, 0.3) is 0 Å². The van der Waals surface area contributed by atoms with Gasteiger partial charge in [0.1, 0.15) is 16.3 Å². The molecule has 1 heterocycles. The lowest BCUT2D eigenvalue weighted by Gasteiger charge is -2.08. The standard InChI is InChI=1S/C24H22ClNO4S/c1-4-30-19-11-9-17(10-12-19)21-15(2)31-23(22(21)24(28)29-3)26-20(27)13-8-16-6-5-7-18(25)14-16/h5-14H,4H2,1-3H3,(H,26,27). The number of benzene rings is 2. The van der Waals surface area contributed by atoms with Gasteiger partial charge in [0, 0.05) is 21.5 Å². The maximum Gasteiger partial charge on any atom is 0.341 e. The molecule has 160 valence electrons. The summed E-state index contributed by atoms with van der Waals surface area (Å²) in [6, 6.07) is 14.6. The Balaban J connectivity index is 1.91. The molecule has 5 nitrogen and oxygen atoms in total. The van der Waals surface area contributed by atoms with Crippen molar-refractivity contribution in [3.05, 3.63) is 75.6 Å². The van der Waals surface area contributed by atoms with E-state index >= 15 is 0 Å². The van der Waals surface area contributed by atoms with Crippen LogP contribution in [-0.4, -0.2) is 25.6 Å². The molecule has 0 aliphatic rings. The molecule has 2 aromatic carbocycles. The summed E-state index contributed by atoms with van der Waals surface area (Å²) < 4.78 is 10.5. The Bertz CT molecular complexity index is 1120. The minimum Gasteiger partial charge on any atom is -0.494 e. The third kappa shape index (κ3) is 5.54. The highest BCUT2D eigenvalue weighted by Crippen LogP contribution is 2.40. The highest BCUT2D eigenvalue weighted by molar-refractivity contribution is 7.17. The molecule has 0 aliphatic carbocycles. The third-order valence-electron chi connectivity index (χ3n) is 4.44. The molecule has 0 radical (unpaired) electrons. The average Bonchev–Trinajstić information content (AvgIpc) is 3.08. The molecule has 3 rings (SSSR count). The van der Waals surface area contributed by atoms with E-state index in [2.05, 4.69) is 5.32 Å². The smallest absolute Gasteiger partial charge is 0.341 e. The molecule has 1 aromatic heterocycles. The van der Waals surface area contributed by atoms with E-state index in [0.29, 0.717) is 22.2 Å². The third-order valence-corrected chi connectivity index (χ3v) is 5.70. The number of hydrogen-bond donors (Lipinski definition) is 1. The van der Waals surface area contributed by atoms with Crippen molar-refractivity contribution in [2.45, 2.75) is 13.8 Å². The largest absolute Gasteiger partial charge is 0.494 e. The molecule has 0 saturated heterocycles. The fourth-order valence-electron chi connectivity index (χ4n) is 3.10. The predicted molar refractivity (Wildman–Crippen MR) is 126 cm³/mol. The van der Waals surface area contributed by atoms with E-state index in [9.17, 15) is 9.59 Å². The average molecular weight is 456 g/mol. The van der Waals surface area contributed by atoms with Crippen molar-refractivity contribution in [3.63, 3.8) is 0 Å². The van der Waals surface area contributed by atoms with Gasteiger partial charge in [0.05, 0.1) is 13.7 Å². The second-order valence-corrected chi connectivity index (χ2v) is 8.23. The van der Waals surface area contributed by atoms with Crippen molar-refractivity contribution in [3.8, 4) is 16.9 Å². The first kappa shape index (κ1) is 22.6. The lowest BCUT2D eigenvalue weighted by atomic mass is 10.0. The van der Waals surface area contributed by atoms with Crippen LogP contribution in [0, 0.1) is 6.92 Å². The van der Waals surface area contributed by atoms with Crippen LogP contribution in [0.2, 0.25) is 5.02 Å². The number of amides is 1. The minimum atomic E-state index is -0.512. The molecule has 0 unspecified atom stereocenters. The summed E-state index contributed by atoms with van der Waals surface area (Å²) in [6.07, 6.45) is 3.06. The van der Waals surface area contributed by atoms with Crippen LogP contribution in [0.1, 0.15) is 27.7 Å². The summed E-state index contributed by atoms with van der Waals surface area (Å²) >= 11 is 7.30. The molecular weight excluding hydrogens is 434 g/mol. The van der Waals surface area contributed by atoms with E-state index in [0.717, 1.165) is 27.3 Å². The van der Waals surface area contributed by atoms with Crippen LogP contribution in [0.25, 0.3) is 17.2 Å².